The molecule has 0 bridgehead atoms. The van der Waals surface area contributed by atoms with Crippen molar-refractivity contribution < 1.29 is 4.79 Å². The summed E-state index contributed by atoms with van der Waals surface area (Å²) in [6.07, 6.45) is 7.90. The molecule has 0 aromatic heterocycles. The van der Waals surface area contributed by atoms with Crippen LogP contribution in [0.3, 0.4) is 0 Å². The van der Waals surface area contributed by atoms with Crippen LogP contribution >= 0.6 is 0 Å². The van der Waals surface area contributed by atoms with Crippen molar-refractivity contribution in [3.8, 4) is 12.3 Å². The van der Waals surface area contributed by atoms with Gasteiger partial charge in [-0.25, -0.2) is 0 Å². The molecule has 3 heteroatoms. The molecule has 15 heavy (non-hydrogen) atoms. The molecule has 0 aromatic rings. The molecule has 0 aliphatic carbocycles. The van der Waals surface area contributed by atoms with E-state index in [-0.39, 0.29) is 5.91 Å². The van der Waals surface area contributed by atoms with Gasteiger partial charge in [-0.15, -0.1) is 6.42 Å². The molecule has 0 unspecified atom stereocenters. The summed E-state index contributed by atoms with van der Waals surface area (Å²) >= 11 is 0. The van der Waals surface area contributed by atoms with Crippen molar-refractivity contribution >= 4 is 5.91 Å². The molecule has 86 valence electrons. The summed E-state index contributed by atoms with van der Waals surface area (Å²) in [5.41, 5.74) is 0. The number of carbonyl (C=O) groups is 1. The highest BCUT2D eigenvalue weighted by Crippen LogP contribution is 2.04. The van der Waals surface area contributed by atoms with Crippen LogP contribution in [0.15, 0.2) is 0 Å². The Morgan fingerprint density at radius 2 is 2.07 bits per heavy atom. The smallest absolute Gasteiger partial charge is 0.222 e. The van der Waals surface area contributed by atoms with E-state index in [4.69, 9.17) is 6.42 Å². The molecule has 0 fully saturated rings. The van der Waals surface area contributed by atoms with Crippen molar-refractivity contribution in [2.75, 3.05) is 19.6 Å². The van der Waals surface area contributed by atoms with Gasteiger partial charge in [0, 0.05) is 13.0 Å². The highest BCUT2D eigenvalue weighted by molar-refractivity contribution is 5.76. The minimum atomic E-state index is 0.0185. The van der Waals surface area contributed by atoms with Crippen LogP contribution in [0.4, 0.5) is 0 Å². The van der Waals surface area contributed by atoms with Crippen molar-refractivity contribution in [2.24, 2.45) is 5.92 Å². The molecule has 0 saturated carbocycles. The van der Waals surface area contributed by atoms with Crippen molar-refractivity contribution in [1.82, 2.24) is 10.6 Å². The van der Waals surface area contributed by atoms with E-state index in [0.717, 1.165) is 19.0 Å². The minimum absolute atomic E-state index is 0.0185. The average Bonchev–Trinajstić information content (AvgIpc) is 2.26. The molecule has 0 saturated heterocycles. The normalized spacial score (nSPS) is 10.0. The zero-order valence-corrected chi connectivity index (χ0v) is 9.81. The number of terminal acetylenes is 1. The van der Waals surface area contributed by atoms with Crippen LogP contribution in [0.1, 0.15) is 33.1 Å². The van der Waals surface area contributed by atoms with Gasteiger partial charge < -0.3 is 10.6 Å². The standard InChI is InChI=1S/C12H22N2O/c1-4-8-14-12(15)7-9-13-10-11(5-2)6-3/h1,11,13H,5-10H2,2-3H3,(H,14,15). The van der Waals surface area contributed by atoms with Gasteiger partial charge in [-0.3, -0.25) is 4.79 Å². The Kier molecular flexibility index (Phi) is 8.90. The Morgan fingerprint density at radius 3 is 2.60 bits per heavy atom. The highest BCUT2D eigenvalue weighted by Gasteiger charge is 2.03. The van der Waals surface area contributed by atoms with Crippen LogP contribution in [-0.4, -0.2) is 25.5 Å². The number of nitrogens with one attached hydrogen (secondary N) is 2. The second-order valence-corrected chi connectivity index (χ2v) is 3.62. The zero-order chi connectivity index (χ0) is 11.5. The van der Waals surface area contributed by atoms with Crippen LogP contribution in [0.25, 0.3) is 0 Å². The molecule has 0 heterocycles. The van der Waals surface area contributed by atoms with Gasteiger partial charge in [0.15, 0.2) is 0 Å². The van der Waals surface area contributed by atoms with Gasteiger partial charge in [-0.05, 0) is 12.5 Å². The fourth-order valence-electron chi connectivity index (χ4n) is 1.32. The number of rotatable bonds is 8. The number of hydrogen-bond acceptors (Lipinski definition) is 2. The molecular weight excluding hydrogens is 188 g/mol. The Labute approximate surface area is 93.0 Å². The van der Waals surface area contributed by atoms with Crippen molar-refractivity contribution in [3.63, 3.8) is 0 Å². The molecular formula is C12H22N2O. The van der Waals surface area contributed by atoms with Gasteiger partial charge in [0.2, 0.25) is 5.91 Å². The van der Waals surface area contributed by atoms with Crippen molar-refractivity contribution in [2.45, 2.75) is 33.1 Å². The molecule has 0 spiro atoms. The summed E-state index contributed by atoms with van der Waals surface area (Å²) in [7, 11) is 0. The first kappa shape index (κ1) is 14.0. The molecule has 2 N–H and O–H groups in total. The maximum Gasteiger partial charge on any atom is 0.222 e. The number of amides is 1. The van der Waals surface area contributed by atoms with Gasteiger partial charge >= 0.3 is 0 Å². The van der Waals surface area contributed by atoms with Crippen LogP contribution in [0.2, 0.25) is 0 Å². The van der Waals surface area contributed by atoms with E-state index in [1.165, 1.54) is 12.8 Å². The quantitative estimate of drug-likeness (QED) is 0.466. The molecule has 1 amide bonds. The summed E-state index contributed by atoms with van der Waals surface area (Å²) in [6, 6.07) is 0. The second-order valence-electron chi connectivity index (χ2n) is 3.62. The Balaban J connectivity index is 3.38. The van der Waals surface area contributed by atoms with Gasteiger partial charge in [0.1, 0.15) is 0 Å². The first-order valence-electron chi connectivity index (χ1n) is 5.65. The van der Waals surface area contributed by atoms with E-state index in [2.05, 4.69) is 30.4 Å². The maximum atomic E-state index is 11.1. The number of hydrogen-bond donors (Lipinski definition) is 2. The Morgan fingerprint density at radius 1 is 1.40 bits per heavy atom. The Bertz CT molecular complexity index is 204. The van der Waals surface area contributed by atoms with Gasteiger partial charge in [0.25, 0.3) is 0 Å². The van der Waals surface area contributed by atoms with Crippen LogP contribution in [0, 0.1) is 18.3 Å². The lowest BCUT2D eigenvalue weighted by Crippen LogP contribution is -2.30. The van der Waals surface area contributed by atoms with E-state index >= 15 is 0 Å². The summed E-state index contributed by atoms with van der Waals surface area (Å²) < 4.78 is 0. The first-order valence-corrected chi connectivity index (χ1v) is 5.65. The average molecular weight is 210 g/mol. The molecule has 0 radical (unpaired) electrons. The second kappa shape index (κ2) is 9.54. The third kappa shape index (κ3) is 8.02. The lowest BCUT2D eigenvalue weighted by molar-refractivity contribution is -0.120. The highest BCUT2D eigenvalue weighted by atomic mass is 16.1. The molecule has 0 aliphatic rings. The number of carbonyl (C=O) groups excluding carboxylic acids is 1. The monoisotopic (exact) mass is 210 g/mol. The summed E-state index contributed by atoms with van der Waals surface area (Å²) in [5.74, 6) is 3.11. The van der Waals surface area contributed by atoms with Crippen LogP contribution in [-0.2, 0) is 4.79 Å². The van der Waals surface area contributed by atoms with Crippen molar-refractivity contribution in [3.05, 3.63) is 0 Å². The van der Waals surface area contributed by atoms with Gasteiger partial charge in [-0.1, -0.05) is 32.6 Å². The molecule has 0 rings (SSSR count). The molecule has 0 aromatic carbocycles. The van der Waals surface area contributed by atoms with Gasteiger partial charge in [0.05, 0.1) is 6.54 Å². The lowest BCUT2D eigenvalue weighted by atomic mass is 10.0. The topological polar surface area (TPSA) is 41.1 Å². The van der Waals surface area contributed by atoms with Crippen LogP contribution in [0.5, 0.6) is 0 Å². The largest absolute Gasteiger partial charge is 0.345 e. The van der Waals surface area contributed by atoms with E-state index in [0.29, 0.717) is 13.0 Å². The summed E-state index contributed by atoms with van der Waals surface area (Å²) in [6.45, 7) is 6.43. The summed E-state index contributed by atoms with van der Waals surface area (Å²) in [4.78, 5) is 11.1. The van der Waals surface area contributed by atoms with E-state index in [1.54, 1.807) is 0 Å². The van der Waals surface area contributed by atoms with E-state index in [9.17, 15) is 4.79 Å². The fourth-order valence-corrected chi connectivity index (χ4v) is 1.32. The van der Waals surface area contributed by atoms with Crippen molar-refractivity contribution in [1.29, 1.82) is 0 Å². The minimum Gasteiger partial charge on any atom is -0.345 e. The fraction of sp³-hybridized carbons (Fsp3) is 0.750. The van der Waals surface area contributed by atoms with Gasteiger partial charge in [-0.2, -0.15) is 0 Å². The third-order valence-electron chi connectivity index (χ3n) is 2.50. The summed E-state index contributed by atoms with van der Waals surface area (Å²) in [5, 5.41) is 5.92. The molecule has 0 aliphatic heterocycles. The predicted octanol–water partition coefficient (Wildman–Crippen LogP) is 1.15. The Hall–Kier alpha value is -1.01. The SMILES string of the molecule is C#CCNC(=O)CCNCC(CC)CC. The first-order chi connectivity index (χ1) is 7.24. The van der Waals surface area contributed by atoms with E-state index < -0.39 is 0 Å². The predicted molar refractivity (Wildman–Crippen MR) is 63.4 cm³/mol. The van der Waals surface area contributed by atoms with E-state index in [1.807, 2.05) is 0 Å². The molecule has 0 atom stereocenters. The zero-order valence-electron chi connectivity index (χ0n) is 9.81. The maximum absolute atomic E-state index is 11.1. The third-order valence-corrected chi connectivity index (χ3v) is 2.50. The lowest BCUT2D eigenvalue weighted by Gasteiger charge is -2.12. The van der Waals surface area contributed by atoms with Crippen LogP contribution < -0.4 is 10.6 Å². The molecule has 3 nitrogen and oxygen atoms in total.